The zero-order valence-electron chi connectivity index (χ0n) is 22.8. The number of rotatable bonds is 12. The summed E-state index contributed by atoms with van der Waals surface area (Å²) in [5.74, 6) is -1.04. The first kappa shape index (κ1) is 33.0. The van der Waals surface area contributed by atoms with E-state index in [9.17, 15) is 18.0 Å². The first-order chi connectivity index (χ1) is 19.4. The zero-order valence-corrected chi connectivity index (χ0v) is 26.6. The highest BCUT2D eigenvalue weighted by Crippen LogP contribution is 2.36. The Balaban J connectivity index is 2.13. The lowest BCUT2D eigenvalue weighted by atomic mass is 10.1. The van der Waals surface area contributed by atoms with Crippen LogP contribution in [0.15, 0.2) is 71.6 Å². The number of anilines is 1. The second kappa shape index (κ2) is 14.6. The molecular formula is C29H31Cl4N3O4S. The van der Waals surface area contributed by atoms with E-state index in [-0.39, 0.29) is 45.5 Å². The summed E-state index contributed by atoms with van der Waals surface area (Å²) in [6, 6.07) is 16.0. The quantitative estimate of drug-likeness (QED) is 0.223. The summed E-state index contributed by atoms with van der Waals surface area (Å²) >= 11 is 25.6. The SMILES string of the molecule is CC[C@H](C(=O)N[C@@H](C)CC)N(Cc1c(Cl)cccc1Cl)C(=O)CN(c1cccc(Cl)c1Cl)S(=O)(=O)c1ccccc1. The number of nitrogens with one attached hydrogen (secondary N) is 1. The molecule has 0 bridgehead atoms. The van der Waals surface area contributed by atoms with Crippen molar-refractivity contribution in [2.75, 3.05) is 10.8 Å². The van der Waals surface area contributed by atoms with Gasteiger partial charge in [-0.1, -0.05) is 90.6 Å². The van der Waals surface area contributed by atoms with Crippen molar-refractivity contribution in [3.05, 3.63) is 92.4 Å². The van der Waals surface area contributed by atoms with Crippen LogP contribution in [0.5, 0.6) is 0 Å². The predicted molar refractivity (Wildman–Crippen MR) is 166 cm³/mol. The second-order valence-electron chi connectivity index (χ2n) is 9.36. The maximum Gasteiger partial charge on any atom is 0.264 e. The van der Waals surface area contributed by atoms with E-state index in [0.29, 0.717) is 22.0 Å². The van der Waals surface area contributed by atoms with Gasteiger partial charge in [0.05, 0.1) is 20.6 Å². The molecule has 1 N–H and O–H groups in total. The molecule has 2 amide bonds. The van der Waals surface area contributed by atoms with E-state index in [1.54, 1.807) is 43.3 Å². The zero-order chi connectivity index (χ0) is 30.3. The number of amides is 2. The van der Waals surface area contributed by atoms with E-state index in [1.165, 1.54) is 35.2 Å². The standard InChI is InChI=1S/C29H31Cl4N3O4S/c1-4-19(3)34-29(38)25(5-2)35(17-21-22(30)13-9-14-23(21)31)27(37)18-36(26-16-10-15-24(32)28(26)33)41(39,40)20-11-7-6-8-12-20/h6-16,19,25H,4-5,17-18H2,1-3H3,(H,34,38)/t19-,25+/m0/s1. The summed E-state index contributed by atoms with van der Waals surface area (Å²) in [6.45, 7) is 4.75. The fraction of sp³-hybridized carbons (Fsp3) is 0.310. The highest BCUT2D eigenvalue weighted by molar-refractivity contribution is 7.92. The van der Waals surface area contributed by atoms with Crippen LogP contribution in [0.25, 0.3) is 0 Å². The van der Waals surface area contributed by atoms with Crippen LogP contribution in [0.2, 0.25) is 20.1 Å². The maximum absolute atomic E-state index is 14.2. The van der Waals surface area contributed by atoms with Gasteiger partial charge in [-0.3, -0.25) is 13.9 Å². The molecule has 0 heterocycles. The van der Waals surface area contributed by atoms with Crippen molar-refractivity contribution in [3.8, 4) is 0 Å². The Morgan fingerprint density at radius 1 is 0.829 bits per heavy atom. The number of carbonyl (C=O) groups excluding carboxylic acids is 2. The van der Waals surface area contributed by atoms with Gasteiger partial charge in [-0.05, 0) is 56.2 Å². The summed E-state index contributed by atoms with van der Waals surface area (Å²) < 4.78 is 28.7. The number of sulfonamides is 1. The molecule has 0 aliphatic heterocycles. The van der Waals surface area contributed by atoms with Crippen LogP contribution in [0.1, 0.15) is 39.2 Å². The Kier molecular flexibility index (Phi) is 11.8. The highest BCUT2D eigenvalue weighted by Gasteiger charge is 2.35. The van der Waals surface area contributed by atoms with Gasteiger partial charge in [-0.15, -0.1) is 0 Å². The van der Waals surface area contributed by atoms with Crippen LogP contribution < -0.4 is 9.62 Å². The maximum atomic E-state index is 14.2. The van der Waals surface area contributed by atoms with Crippen LogP contribution in [-0.2, 0) is 26.2 Å². The van der Waals surface area contributed by atoms with E-state index in [2.05, 4.69) is 5.32 Å². The van der Waals surface area contributed by atoms with E-state index in [4.69, 9.17) is 46.4 Å². The fourth-order valence-electron chi connectivity index (χ4n) is 4.13. The minimum atomic E-state index is -4.30. The largest absolute Gasteiger partial charge is 0.352 e. The first-order valence-corrected chi connectivity index (χ1v) is 15.9. The van der Waals surface area contributed by atoms with Crippen LogP contribution >= 0.6 is 46.4 Å². The van der Waals surface area contributed by atoms with Crippen molar-refractivity contribution in [2.24, 2.45) is 0 Å². The van der Waals surface area contributed by atoms with Crippen molar-refractivity contribution >= 4 is 73.9 Å². The Morgan fingerprint density at radius 2 is 1.41 bits per heavy atom. The smallest absolute Gasteiger partial charge is 0.264 e. The second-order valence-corrected chi connectivity index (χ2v) is 12.8. The molecule has 0 unspecified atom stereocenters. The Labute approximate surface area is 261 Å². The Morgan fingerprint density at radius 3 is 2.00 bits per heavy atom. The minimum absolute atomic E-state index is 0.0178. The molecule has 220 valence electrons. The molecule has 0 spiro atoms. The van der Waals surface area contributed by atoms with Gasteiger partial charge >= 0.3 is 0 Å². The van der Waals surface area contributed by atoms with Gasteiger partial charge in [0.1, 0.15) is 12.6 Å². The third-order valence-corrected chi connectivity index (χ3v) is 9.88. The van der Waals surface area contributed by atoms with Crippen LogP contribution in [0.3, 0.4) is 0 Å². The van der Waals surface area contributed by atoms with Gasteiger partial charge in [0, 0.05) is 28.2 Å². The summed E-state index contributed by atoms with van der Waals surface area (Å²) in [5.41, 5.74) is 0.446. The topological polar surface area (TPSA) is 86.8 Å². The number of benzene rings is 3. The average Bonchev–Trinajstić information content (AvgIpc) is 2.95. The summed E-state index contributed by atoms with van der Waals surface area (Å²) in [7, 11) is -4.30. The highest BCUT2D eigenvalue weighted by atomic mass is 35.5. The molecule has 0 saturated carbocycles. The summed E-state index contributed by atoms with van der Waals surface area (Å²) in [5, 5.41) is 3.61. The third-order valence-electron chi connectivity index (χ3n) is 6.59. The molecule has 0 radical (unpaired) electrons. The van der Waals surface area contributed by atoms with E-state index in [0.717, 1.165) is 4.31 Å². The number of halogens is 4. The van der Waals surface area contributed by atoms with Gasteiger partial charge in [-0.25, -0.2) is 8.42 Å². The summed E-state index contributed by atoms with van der Waals surface area (Å²) in [6.07, 6.45) is 0.933. The van der Waals surface area contributed by atoms with Gasteiger partial charge < -0.3 is 10.2 Å². The molecular weight excluding hydrogens is 628 g/mol. The molecule has 3 aromatic carbocycles. The van der Waals surface area contributed by atoms with Crippen molar-refractivity contribution in [3.63, 3.8) is 0 Å². The average molecular weight is 659 g/mol. The van der Waals surface area contributed by atoms with Crippen molar-refractivity contribution in [2.45, 2.75) is 57.1 Å². The van der Waals surface area contributed by atoms with Crippen LogP contribution in [0, 0.1) is 0 Å². The minimum Gasteiger partial charge on any atom is -0.352 e. The molecule has 3 rings (SSSR count). The van der Waals surface area contributed by atoms with Crippen molar-refractivity contribution < 1.29 is 18.0 Å². The number of hydrogen-bond donors (Lipinski definition) is 1. The van der Waals surface area contributed by atoms with Crippen LogP contribution in [0.4, 0.5) is 5.69 Å². The van der Waals surface area contributed by atoms with E-state index < -0.39 is 28.5 Å². The Bertz CT molecular complexity index is 1470. The number of carbonyl (C=O) groups is 2. The number of hydrogen-bond acceptors (Lipinski definition) is 4. The molecule has 0 aromatic heterocycles. The van der Waals surface area contributed by atoms with E-state index in [1.807, 2.05) is 13.8 Å². The predicted octanol–water partition coefficient (Wildman–Crippen LogP) is 7.22. The molecule has 0 fully saturated rings. The van der Waals surface area contributed by atoms with Gasteiger partial charge in [-0.2, -0.15) is 0 Å². The molecule has 0 aliphatic carbocycles. The normalized spacial score (nSPS) is 12.9. The number of nitrogens with zero attached hydrogens (tertiary/aromatic N) is 2. The molecule has 7 nitrogen and oxygen atoms in total. The molecule has 41 heavy (non-hydrogen) atoms. The molecule has 0 saturated heterocycles. The molecule has 12 heteroatoms. The van der Waals surface area contributed by atoms with Gasteiger partial charge in [0.25, 0.3) is 10.0 Å². The molecule has 3 aromatic rings. The summed E-state index contributed by atoms with van der Waals surface area (Å²) in [4.78, 5) is 28.8. The van der Waals surface area contributed by atoms with Crippen LogP contribution in [-0.4, -0.2) is 43.8 Å². The monoisotopic (exact) mass is 657 g/mol. The van der Waals surface area contributed by atoms with Crippen molar-refractivity contribution in [1.29, 1.82) is 0 Å². The van der Waals surface area contributed by atoms with E-state index >= 15 is 0 Å². The molecule has 0 aliphatic rings. The van der Waals surface area contributed by atoms with Gasteiger partial charge in [0.15, 0.2) is 0 Å². The lowest BCUT2D eigenvalue weighted by molar-refractivity contribution is -0.140. The van der Waals surface area contributed by atoms with Gasteiger partial charge in [0.2, 0.25) is 11.8 Å². The Hall–Kier alpha value is -2.49. The lowest BCUT2D eigenvalue weighted by Crippen LogP contribution is -2.53. The fourth-order valence-corrected chi connectivity index (χ4v) is 6.54. The molecule has 2 atom stereocenters. The van der Waals surface area contributed by atoms with Crippen molar-refractivity contribution in [1.82, 2.24) is 10.2 Å². The first-order valence-electron chi connectivity index (χ1n) is 13.0. The lowest BCUT2D eigenvalue weighted by Gasteiger charge is -2.34. The third kappa shape index (κ3) is 7.87.